The van der Waals surface area contributed by atoms with Crippen molar-refractivity contribution in [2.45, 2.75) is 50.8 Å². The minimum absolute atomic E-state index is 0.194. The monoisotopic (exact) mass is 421 g/mol. The van der Waals surface area contributed by atoms with Gasteiger partial charge in [-0.3, -0.25) is 9.69 Å². The molecular weight excluding hydrogens is 386 g/mol. The van der Waals surface area contributed by atoms with E-state index in [-0.39, 0.29) is 5.91 Å². The van der Waals surface area contributed by atoms with E-state index in [0.29, 0.717) is 36.7 Å². The van der Waals surface area contributed by atoms with Crippen LogP contribution in [0.5, 0.6) is 0 Å². The second kappa shape index (κ2) is 10.0. The number of carbonyl (C=O) groups is 1. The van der Waals surface area contributed by atoms with Crippen molar-refractivity contribution in [3.63, 3.8) is 0 Å². The van der Waals surface area contributed by atoms with Crippen LogP contribution in [0.25, 0.3) is 0 Å². The molecule has 0 bridgehead atoms. The van der Waals surface area contributed by atoms with Crippen molar-refractivity contribution in [1.82, 2.24) is 14.1 Å². The number of hydrogen-bond acceptors (Lipinski definition) is 4. The molecule has 2 aliphatic heterocycles. The fraction of sp³-hybridized carbons (Fsp3) is 0.682. The molecule has 0 aromatic heterocycles. The highest BCUT2D eigenvalue weighted by molar-refractivity contribution is 7.89. The van der Waals surface area contributed by atoms with Crippen LogP contribution in [0.1, 0.15) is 45.1 Å². The standard InChI is InChI=1S/C22H35N3O3S/c1-19(2)18-23-14-16-24(17-15-23)22(26)11-8-20-6-9-21(10-7-20)29(27,28)25-12-4-3-5-13-25/h6-7,9-10,19H,3-5,8,11-18H2,1-2H3. The quantitative estimate of drug-likeness (QED) is 0.679. The van der Waals surface area contributed by atoms with Crippen LogP contribution in [0.2, 0.25) is 0 Å². The van der Waals surface area contributed by atoms with Crippen molar-refractivity contribution >= 4 is 15.9 Å². The Labute approximate surface area is 175 Å². The van der Waals surface area contributed by atoms with Gasteiger partial charge in [-0.1, -0.05) is 32.4 Å². The van der Waals surface area contributed by atoms with Gasteiger partial charge < -0.3 is 4.90 Å². The predicted octanol–water partition coefficient (Wildman–Crippen LogP) is 2.59. The van der Waals surface area contributed by atoms with E-state index in [1.54, 1.807) is 16.4 Å². The lowest BCUT2D eigenvalue weighted by Gasteiger charge is -2.35. The molecule has 0 radical (unpaired) electrons. The van der Waals surface area contributed by atoms with Gasteiger partial charge in [0.15, 0.2) is 0 Å². The largest absolute Gasteiger partial charge is 0.340 e. The van der Waals surface area contributed by atoms with Crippen LogP contribution >= 0.6 is 0 Å². The maximum Gasteiger partial charge on any atom is 0.243 e. The summed E-state index contributed by atoms with van der Waals surface area (Å²) in [6.45, 7) is 10.3. The van der Waals surface area contributed by atoms with E-state index in [1.165, 1.54) is 0 Å². The zero-order chi connectivity index (χ0) is 20.9. The van der Waals surface area contributed by atoms with E-state index in [9.17, 15) is 13.2 Å². The van der Waals surface area contributed by atoms with Crippen molar-refractivity contribution in [3.8, 4) is 0 Å². The van der Waals surface area contributed by atoms with Gasteiger partial charge in [0.05, 0.1) is 4.90 Å². The van der Waals surface area contributed by atoms with Crippen LogP contribution in [-0.4, -0.2) is 74.2 Å². The van der Waals surface area contributed by atoms with Crippen LogP contribution < -0.4 is 0 Å². The maximum absolute atomic E-state index is 12.7. The summed E-state index contributed by atoms with van der Waals surface area (Å²) < 4.78 is 27.0. The van der Waals surface area contributed by atoms with Crippen LogP contribution in [0.4, 0.5) is 0 Å². The molecule has 3 rings (SSSR count). The van der Waals surface area contributed by atoms with E-state index in [0.717, 1.165) is 57.5 Å². The highest BCUT2D eigenvalue weighted by atomic mass is 32.2. The summed E-state index contributed by atoms with van der Waals surface area (Å²) in [6.07, 6.45) is 4.10. The van der Waals surface area contributed by atoms with Gasteiger partial charge in [0.1, 0.15) is 0 Å². The summed E-state index contributed by atoms with van der Waals surface area (Å²) in [5.41, 5.74) is 1.01. The smallest absolute Gasteiger partial charge is 0.243 e. The first kappa shape index (κ1) is 22.2. The lowest BCUT2D eigenvalue weighted by atomic mass is 10.1. The van der Waals surface area contributed by atoms with Gasteiger partial charge in [-0.05, 0) is 42.9 Å². The molecule has 0 saturated carbocycles. The second-order valence-corrected chi connectivity index (χ2v) is 10.6. The fourth-order valence-electron chi connectivity index (χ4n) is 4.19. The van der Waals surface area contributed by atoms with Crippen molar-refractivity contribution in [2.75, 3.05) is 45.8 Å². The van der Waals surface area contributed by atoms with E-state index < -0.39 is 10.0 Å². The molecule has 0 unspecified atom stereocenters. The number of sulfonamides is 1. The number of nitrogens with zero attached hydrogens (tertiary/aromatic N) is 3. The van der Waals surface area contributed by atoms with Crippen molar-refractivity contribution in [1.29, 1.82) is 0 Å². The number of carbonyl (C=O) groups excluding carboxylic acids is 1. The number of piperidine rings is 1. The Bertz CT molecular complexity index is 763. The van der Waals surface area contributed by atoms with Gasteiger partial charge in [-0.15, -0.1) is 0 Å². The zero-order valence-corrected chi connectivity index (χ0v) is 18.7. The van der Waals surface area contributed by atoms with Gasteiger partial charge in [-0.25, -0.2) is 8.42 Å². The molecule has 2 fully saturated rings. The van der Waals surface area contributed by atoms with Gasteiger partial charge in [0.2, 0.25) is 15.9 Å². The summed E-state index contributed by atoms with van der Waals surface area (Å²) >= 11 is 0. The Morgan fingerprint density at radius 2 is 1.55 bits per heavy atom. The van der Waals surface area contributed by atoms with E-state index in [1.807, 2.05) is 17.0 Å². The normalized spacial score (nSPS) is 19.6. The van der Waals surface area contributed by atoms with Crippen molar-refractivity contribution in [3.05, 3.63) is 29.8 Å². The zero-order valence-electron chi connectivity index (χ0n) is 17.8. The molecule has 2 aliphatic rings. The molecule has 6 nitrogen and oxygen atoms in total. The summed E-state index contributed by atoms with van der Waals surface area (Å²) in [5, 5.41) is 0. The molecule has 1 aromatic carbocycles. The van der Waals surface area contributed by atoms with E-state index in [2.05, 4.69) is 18.7 Å². The van der Waals surface area contributed by atoms with Gasteiger partial charge >= 0.3 is 0 Å². The number of benzene rings is 1. The average molecular weight is 422 g/mol. The highest BCUT2D eigenvalue weighted by Crippen LogP contribution is 2.21. The van der Waals surface area contributed by atoms with Crippen molar-refractivity contribution < 1.29 is 13.2 Å². The Morgan fingerprint density at radius 1 is 0.931 bits per heavy atom. The molecule has 2 heterocycles. The molecule has 0 spiro atoms. The third-order valence-corrected chi connectivity index (χ3v) is 7.76. The van der Waals surface area contributed by atoms with E-state index in [4.69, 9.17) is 0 Å². The Kier molecular flexibility index (Phi) is 7.71. The fourth-order valence-corrected chi connectivity index (χ4v) is 5.71. The Hall–Kier alpha value is -1.44. The molecule has 1 amide bonds. The summed E-state index contributed by atoms with van der Waals surface area (Å²) in [7, 11) is -3.39. The van der Waals surface area contributed by atoms with Gasteiger partial charge in [-0.2, -0.15) is 4.31 Å². The lowest BCUT2D eigenvalue weighted by Crippen LogP contribution is -2.49. The molecule has 0 aliphatic carbocycles. The van der Waals surface area contributed by atoms with Gasteiger partial charge in [0, 0.05) is 52.2 Å². The maximum atomic E-state index is 12.7. The number of hydrogen-bond donors (Lipinski definition) is 0. The molecule has 162 valence electrons. The first-order chi connectivity index (χ1) is 13.9. The lowest BCUT2D eigenvalue weighted by molar-refractivity contribution is -0.132. The topological polar surface area (TPSA) is 60.9 Å². The number of rotatable bonds is 7. The first-order valence-corrected chi connectivity index (χ1v) is 12.4. The Balaban J connectivity index is 1.48. The second-order valence-electron chi connectivity index (χ2n) is 8.68. The molecule has 2 saturated heterocycles. The molecule has 7 heteroatoms. The number of aryl methyl sites for hydroxylation is 1. The van der Waals surface area contributed by atoms with Gasteiger partial charge in [0.25, 0.3) is 0 Å². The average Bonchev–Trinajstić information content (AvgIpc) is 2.73. The predicted molar refractivity (Wildman–Crippen MR) is 115 cm³/mol. The van der Waals surface area contributed by atoms with Crippen LogP contribution in [-0.2, 0) is 21.2 Å². The minimum Gasteiger partial charge on any atom is -0.340 e. The molecular formula is C22H35N3O3S. The van der Waals surface area contributed by atoms with E-state index >= 15 is 0 Å². The number of amides is 1. The highest BCUT2D eigenvalue weighted by Gasteiger charge is 2.26. The van der Waals surface area contributed by atoms with Crippen LogP contribution in [0, 0.1) is 5.92 Å². The Morgan fingerprint density at radius 3 is 2.14 bits per heavy atom. The molecule has 0 atom stereocenters. The minimum atomic E-state index is -3.39. The third kappa shape index (κ3) is 6.03. The van der Waals surface area contributed by atoms with Crippen LogP contribution in [0.3, 0.4) is 0 Å². The summed E-state index contributed by atoms with van der Waals surface area (Å²) in [5.74, 6) is 0.846. The SMILES string of the molecule is CC(C)CN1CCN(C(=O)CCc2ccc(S(=O)(=O)N3CCCCC3)cc2)CC1. The number of piperazine rings is 1. The molecule has 0 N–H and O–H groups in total. The molecule has 1 aromatic rings. The summed E-state index contributed by atoms with van der Waals surface area (Å²) in [4.78, 5) is 17.3. The van der Waals surface area contributed by atoms with Crippen molar-refractivity contribution in [2.24, 2.45) is 5.92 Å². The third-order valence-electron chi connectivity index (χ3n) is 5.85. The summed E-state index contributed by atoms with van der Waals surface area (Å²) in [6, 6.07) is 7.08. The first-order valence-electron chi connectivity index (χ1n) is 11.0. The molecule has 29 heavy (non-hydrogen) atoms. The van der Waals surface area contributed by atoms with Crippen LogP contribution in [0.15, 0.2) is 29.2 Å².